The van der Waals surface area contributed by atoms with Crippen LogP contribution in [0.15, 0.2) is 24.3 Å². The highest BCUT2D eigenvalue weighted by atomic mass is 16.5. The van der Waals surface area contributed by atoms with E-state index < -0.39 is 17.5 Å². The monoisotopic (exact) mass is 387 g/mol. The lowest BCUT2D eigenvalue weighted by Crippen LogP contribution is -2.54. The molecule has 1 saturated carbocycles. The Morgan fingerprint density at radius 3 is 2.54 bits per heavy atom. The maximum atomic E-state index is 13.1. The first-order chi connectivity index (χ1) is 13.1. The van der Waals surface area contributed by atoms with E-state index in [1.54, 1.807) is 24.3 Å². The number of anilines is 1. The summed E-state index contributed by atoms with van der Waals surface area (Å²) in [4.78, 5) is 39.0. The van der Waals surface area contributed by atoms with Crippen LogP contribution in [0.2, 0.25) is 0 Å². The molecule has 1 aromatic carbocycles. The van der Waals surface area contributed by atoms with Crippen LogP contribution >= 0.6 is 0 Å². The van der Waals surface area contributed by atoms with Gasteiger partial charge in [0.05, 0.1) is 6.61 Å². The Kier molecular flexibility index (Phi) is 5.37. The predicted molar refractivity (Wildman–Crippen MR) is 106 cm³/mol. The van der Waals surface area contributed by atoms with Crippen molar-refractivity contribution in [3.63, 3.8) is 0 Å². The predicted octanol–water partition coefficient (Wildman–Crippen LogP) is 3.16. The summed E-state index contributed by atoms with van der Waals surface area (Å²) < 4.78 is 5.37. The van der Waals surface area contributed by atoms with E-state index in [0.29, 0.717) is 36.8 Å². The van der Waals surface area contributed by atoms with Gasteiger partial charge in [-0.05, 0) is 61.8 Å². The number of carbonyl (C=O) groups is 3. The second-order valence-electron chi connectivity index (χ2n) is 8.76. The summed E-state index contributed by atoms with van der Waals surface area (Å²) >= 11 is 0. The molecular weight excluding hydrogens is 358 g/mol. The average molecular weight is 387 g/mol. The number of ether oxygens (including phenoxy) is 1. The largest absolute Gasteiger partial charge is 0.494 e. The molecule has 0 aromatic heterocycles. The van der Waals surface area contributed by atoms with Crippen molar-refractivity contribution in [2.75, 3.05) is 18.5 Å². The van der Waals surface area contributed by atoms with Gasteiger partial charge in [-0.25, -0.2) is 4.79 Å². The molecule has 1 saturated heterocycles. The molecule has 4 amide bonds. The molecule has 1 spiro atoms. The van der Waals surface area contributed by atoms with E-state index in [2.05, 4.69) is 31.4 Å². The fourth-order valence-electron chi connectivity index (χ4n) is 4.79. The Bertz CT molecular complexity index is 774. The second kappa shape index (κ2) is 7.45. The Labute approximate surface area is 165 Å². The number of hydrogen-bond donors (Lipinski definition) is 2. The van der Waals surface area contributed by atoms with Crippen molar-refractivity contribution in [3.8, 4) is 5.75 Å². The summed E-state index contributed by atoms with van der Waals surface area (Å²) in [7, 11) is 0. The molecule has 2 atom stereocenters. The molecule has 28 heavy (non-hydrogen) atoms. The zero-order valence-corrected chi connectivity index (χ0v) is 17.0. The molecule has 1 aromatic rings. The third-order valence-corrected chi connectivity index (χ3v) is 5.37. The SMILES string of the molecule is CCOc1ccc(NC(=O)CN2C(=O)N[C@]3(C[C@H](C)CC(C)(C)C3)C2=O)cc1. The van der Waals surface area contributed by atoms with Crippen LogP contribution in [-0.4, -0.2) is 41.4 Å². The molecule has 2 fully saturated rings. The molecule has 3 rings (SSSR count). The topological polar surface area (TPSA) is 87.7 Å². The molecule has 7 heteroatoms. The summed E-state index contributed by atoms with van der Waals surface area (Å²) in [5.74, 6) is 0.336. The standard InChI is InChI=1S/C21H29N3O4/c1-5-28-16-8-6-15(7-9-16)22-17(25)12-24-18(26)21(23-19(24)27)11-14(2)10-20(3,4)13-21/h6-9,14H,5,10-13H2,1-4H3,(H,22,25)(H,23,27)/t14-,21+/m1/s1. The summed E-state index contributed by atoms with van der Waals surface area (Å²) in [5, 5.41) is 5.61. The van der Waals surface area contributed by atoms with Gasteiger partial charge in [0.15, 0.2) is 0 Å². The van der Waals surface area contributed by atoms with Gasteiger partial charge in [0.1, 0.15) is 17.8 Å². The van der Waals surface area contributed by atoms with Crippen molar-refractivity contribution in [2.24, 2.45) is 11.3 Å². The maximum Gasteiger partial charge on any atom is 0.325 e. The summed E-state index contributed by atoms with van der Waals surface area (Å²) in [5.41, 5.74) is -0.346. The lowest BCUT2D eigenvalue weighted by Gasteiger charge is -2.43. The lowest BCUT2D eigenvalue weighted by molar-refractivity contribution is -0.136. The summed E-state index contributed by atoms with van der Waals surface area (Å²) in [6, 6.07) is 6.47. The van der Waals surface area contributed by atoms with Gasteiger partial charge in [0, 0.05) is 5.69 Å². The van der Waals surface area contributed by atoms with E-state index in [9.17, 15) is 14.4 Å². The van der Waals surface area contributed by atoms with Crippen LogP contribution in [0.3, 0.4) is 0 Å². The fraction of sp³-hybridized carbons (Fsp3) is 0.571. The van der Waals surface area contributed by atoms with Gasteiger partial charge in [0.25, 0.3) is 5.91 Å². The third-order valence-electron chi connectivity index (χ3n) is 5.37. The molecule has 7 nitrogen and oxygen atoms in total. The number of amides is 4. The van der Waals surface area contributed by atoms with Crippen LogP contribution in [0.4, 0.5) is 10.5 Å². The quantitative estimate of drug-likeness (QED) is 0.760. The Hall–Kier alpha value is -2.57. The molecule has 1 aliphatic carbocycles. The summed E-state index contributed by atoms with van der Waals surface area (Å²) in [6.07, 6.45) is 2.21. The molecule has 152 valence electrons. The smallest absolute Gasteiger partial charge is 0.325 e. The van der Waals surface area contributed by atoms with Gasteiger partial charge in [-0.3, -0.25) is 14.5 Å². The van der Waals surface area contributed by atoms with Crippen LogP contribution in [0, 0.1) is 11.3 Å². The van der Waals surface area contributed by atoms with Crippen molar-refractivity contribution in [2.45, 2.75) is 52.5 Å². The van der Waals surface area contributed by atoms with E-state index in [-0.39, 0.29) is 17.9 Å². The second-order valence-corrected chi connectivity index (χ2v) is 8.76. The molecule has 2 N–H and O–H groups in total. The molecule has 0 radical (unpaired) electrons. The van der Waals surface area contributed by atoms with Gasteiger partial charge in [-0.1, -0.05) is 20.8 Å². The van der Waals surface area contributed by atoms with Crippen molar-refractivity contribution in [1.29, 1.82) is 0 Å². The number of nitrogens with zero attached hydrogens (tertiary/aromatic N) is 1. The van der Waals surface area contributed by atoms with Gasteiger partial charge >= 0.3 is 6.03 Å². The highest BCUT2D eigenvalue weighted by Crippen LogP contribution is 2.46. The van der Waals surface area contributed by atoms with Crippen molar-refractivity contribution in [1.82, 2.24) is 10.2 Å². The molecule has 2 aliphatic rings. The minimum Gasteiger partial charge on any atom is -0.494 e. The van der Waals surface area contributed by atoms with Gasteiger partial charge in [-0.2, -0.15) is 0 Å². The van der Waals surface area contributed by atoms with Gasteiger partial charge < -0.3 is 15.4 Å². The number of nitrogens with one attached hydrogen (secondary N) is 2. The average Bonchev–Trinajstić information content (AvgIpc) is 2.78. The number of hydrogen-bond acceptors (Lipinski definition) is 4. The molecule has 0 bridgehead atoms. The van der Waals surface area contributed by atoms with Gasteiger partial charge in [0.2, 0.25) is 5.91 Å². The van der Waals surface area contributed by atoms with E-state index in [4.69, 9.17) is 4.74 Å². The zero-order chi connectivity index (χ0) is 20.5. The molecule has 0 unspecified atom stereocenters. The van der Waals surface area contributed by atoms with Crippen LogP contribution in [-0.2, 0) is 9.59 Å². The Morgan fingerprint density at radius 1 is 1.25 bits per heavy atom. The highest BCUT2D eigenvalue weighted by Gasteiger charge is 2.56. The lowest BCUT2D eigenvalue weighted by atomic mass is 9.64. The number of urea groups is 1. The van der Waals surface area contributed by atoms with E-state index in [1.807, 2.05) is 6.92 Å². The first-order valence-corrected chi connectivity index (χ1v) is 9.81. The minimum absolute atomic E-state index is 0.0405. The zero-order valence-electron chi connectivity index (χ0n) is 17.0. The number of imide groups is 1. The van der Waals surface area contributed by atoms with Crippen LogP contribution in [0.5, 0.6) is 5.75 Å². The van der Waals surface area contributed by atoms with Crippen molar-refractivity contribution < 1.29 is 19.1 Å². The van der Waals surface area contributed by atoms with Crippen LogP contribution in [0.25, 0.3) is 0 Å². The normalized spacial score (nSPS) is 26.3. The first kappa shape index (κ1) is 20.2. The highest BCUT2D eigenvalue weighted by molar-refractivity contribution is 6.10. The van der Waals surface area contributed by atoms with E-state index in [0.717, 1.165) is 11.3 Å². The molecular formula is C21H29N3O4. The Morgan fingerprint density at radius 2 is 1.93 bits per heavy atom. The molecule has 1 heterocycles. The van der Waals surface area contributed by atoms with E-state index >= 15 is 0 Å². The fourth-order valence-corrected chi connectivity index (χ4v) is 4.79. The molecule has 1 aliphatic heterocycles. The van der Waals surface area contributed by atoms with Crippen LogP contribution < -0.4 is 15.4 Å². The summed E-state index contributed by atoms with van der Waals surface area (Å²) in [6.45, 7) is 8.50. The van der Waals surface area contributed by atoms with Crippen molar-refractivity contribution in [3.05, 3.63) is 24.3 Å². The number of benzene rings is 1. The van der Waals surface area contributed by atoms with E-state index in [1.165, 1.54) is 0 Å². The van der Waals surface area contributed by atoms with Gasteiger partial charge in [-0.15, -0.1) is 0 Å². The minimum atomic E-state index is -0.891. The number of carbonyl (C=O) groups excluding carboxylic acids is 3. The van der Waals surface area contributed by atoms with Crippen LogP contribution in [0.1, 0.15) is 47.0 Å². The first-order valence-electron chi connectivity index (χ1n) is 9.81. The van der Waals surface area contributed by atoms with Crippen molar-refractivity contribution >= 4 is 23.5 Å². The third kappa shape index (κ3) is 4.13. The maximum absolute atomic E-state index is 13.1. The Balaban J connectivity index is 1.66. The number of rotatable bonds is 5.